The summed E-state index contributed by atoms with van der Waals surface area (Å²) in [4.78, 5) is 12.0. The molecule has 0 saturated heterocycles. The maximum atomic E-state index is 12.0. The highest BCUT2D eigenvalue weighted by atomic mass is 16.5. The number of anilines is 2. The van der Waals surface area contributed by atoms with E-state index in [1.54, 1.807) is 31.2 Å². The van der Waals surface area contributed by atoms with E-state index in [2.05, 4.69) is 5.32 Å². The molecule has 0 heterocycles. The molecule has 0 unspecified atom stereocenters. The van der Waals surface area contributed by atoms with Crippen LogP contribution in [0.5, 0.6) is 5.75 Å². The van der Waals surface area contributed by atoms with Gasteiger partial charge in [-0.2, -0.15) is 0 Å². The van der Waals surface area contributed by atoms with E-state index in [1.165, 1.54) is 0 Å². The maximum absolute atomic E-state index is 12.0. The lowest BCUT2D eigenvalue weighted by atomic mass is 10.2. The van der Waals surface area contributed by atoms with Crippen molar-refractivity contribution < 1.29 is 9.53 Å². The fourth-order valence-corrected chi connectivity index (χ4v) is 1.62. The van der Waals surface area contributed by atoms with Gasteiger partial charge in [-0.15, -0.1) is 0 Å². The summed E-state index contributed by atoms with van der Waals surface area (Å²) in [6.07, 6.45) is -0.580. The molecule has 2 aromatic carbocycles. The number of nitrogen functional groups attached to an aromatic ring is 1. The highest BCUT2D eigenvalue weighted by Gasteiger charge is 2.14. The molecular formula is C15H16N2O2. The highest BCUT2D eigenvalue weighted by molar-refractivity contribution is 5.94. The van der Waals surface area contributed by atoms with Gasteiger partial charge in [-0.25, -0.2) is 0 Å². The lowest BCUT2D eigenvalue weighted by molar-refractivity contribution is -0.122. The summed E-state index contributed by atoms with van der Waals surface area (Å²) in [6.45, 7) is 1.70. The molecule has 0 radical (unpaired) electrons. The molecule has 2 rings (SSSR count). The van der Waals surface area contributed by atoms with E-state index in [-0.39, 0.29) is 5.91 Å². The summed E-state index contributed by atoms with van der Waals surface area (Å²) in [5.41, 5.74) is 6.92. The summed E-state index contributed by atoms with van der Waals surface area (Å²) >= 11 is 0. The lowest BCUT2D eigenvalue weighted by Crippen LogP contribution is -2.30. The molecule has 0 spiro atoms. The second kappa shape index (κ2) is 5.91. The van der Waals surface area contributed by atoms with E-state index in [4.69, 9.17) is 10.5 Å². The molecule has 4 nitrogen and oxygen atoms in total. The van der Waals surface area contributed by atoms with Gasteiger partial charge in [-0.1, -0.05) is 24.3 Å². The largest absolute Gasteiger partial charge is 0.481 e. The van der Waals surface area contributed by atoms with E-state index in [1.807, 2.05) is 30.3 Å². The van der Waals surface area contributed by atoms with Crippen molar-refractivity contribution in [3.8, 4) is 5.75 Å². The molecule has 98 valence electrons. The van der Waals surface area contributed by atoms with Crippen molar-refractivity contribution in [3.05, 3.63) is 54.6 Å². The molecule has 0 saturated carbocycles. The van der Waals surface area contributed by atoms with Crippen LogP contribution in [-0.4, -0.2) is 12.0 Å². The summed E-state index contributed by atoms with van der Waals surface area (Å²) in [7, 11) is 0. The first-order chi connectivity index (χ1) is 9.15. The van der Waals surface area contributed by atoms with Crippen molar-refractivity contribution in [3.63, 3.8) is 0 Å². The topological polar surface area (TPSA) is 64.3 Å². The third kappa shape index (κ3) is 3.74. The zero-order chi connectivity index (χ0) is 13.7. The Morgan fingerprint density at radius 3 is 2.58 bits per heavy atom. The molecule has 0 fully saturated rings. The molecule has 1 amide bonds. The summed E-state index contributed by atoms with van der Waals surface area (Å²) in [5, 5.41) is 2.76. The zero-order valence-corrected chi connectivity index (χ0v) is 10.7. The number of benzene rings is 2. The maximum Gasteiger partial charge on any atom is 0.265 e. The number of carbonyl (C=O) groups is 1. The van der Waals surface area contributed by atoms with Crippen molar-refractivity contribution in [2.75, 3.05) is 11.1 Å². The van der Waals surface area contributed by atoms with Crippen LogP contribution in [0.25, 0.3) is 0 Å². The molecule has 3 N–H and O–H groups in total. The van der Waals surface area contributed by atoms with Gasteiger partial charge < -0.3 is 15.8 Å². The molecule has 0 aromatic heterocycles. The first-order valence-electron chi connectivity index (χ1n) is 6.03. The molecule has 0 aliphatic carbocycles. The van der Waals surface area contributed by atoms with E-state index >= 15 is 0 Å². The number of hydrogen-bond donors (Lipinski definition) is 2. The van der Waals surface area contributed by atoms with Crippen LogP contribution in [0.1, 0.15) is 6.92 Å². The Bertz CT molecular complexity index is 555. The van der Waals surface area contributed by atoms with Crippen LogP contribution in [0.2, 0.25) is 0 Å². The Balaban J connectivity index is 1.96. The van der Waals surface area contributed by atoms with Crippen LogP contribution in [-0.2, 0) is 4.79 Å². The van der Waals surface area contributed by atoms with Crippen molar-refractivity contribution in [1.29, 1.82) is 0 Å². The third-order valence-corrected chi connectivity index (χ3v) is 2.58. The standard InChI is InChI=1S/C15H16N2O2/c1-11(19-14-8-3-2-4-9-14)15(18)17-13-7-5-6-12(16)10-13/h2-11H,16H2,1H3,(H,17,18)/t11-/m0/s1. The number of nitrogens with two attached hydrogens (primary N) is 1. The lowest BCUT2D eigenvalue weighted by Gasteiger charge is -2.14. The van der Waals surface area contributed by atoms with E-state index < -0.39 is 6.10 Å². The van der Waals surface area contributed by atoms with Gasteiger partial charge in [0.05, 0.1) is 0 Å². The van der Waals surface area contributed by atoms with Gasteiger partial charge in [-0.05, 0) is 37.3 Å². The molecule has 1 atom stereocenters. The molecular weight excluding hydrogens is 240 g/mol. The van der Waals surface area contributed by atoms with Gasteiger partial charge in [0.25, 0.3) is 5.91 Å². The summed E-state index contributed by atoms with van der Waals surface area (Å²) in [6, 6.07) is 16.3. The second-order valence-corrected chi connectivity index (χ2v) is 4.19. The normalized spacial score (nSPS) is 11.6. The van der Waals surface area contributed by atoms with Gasteiger partial charge in [0.1, 0.15) is 5.75 Å². The van der Waals surface area contributed by atoms with Crippen LogP contribution in [0.4, 0.5) is 11.4 Å². The van der Waals surface area contributed by atoms with Crippen LogP contribution in [0.15, 0.2) is 54.6 Å². The minimum Gasteiger partial charge on any atom is -0.481 e. The number of para-hydroxylation sites is 1. The van der Waals surface area contributed by atoms with Crippen LogP contribution in [0.3, 0.4) is 0 Å². The molecule has 19 heavy (non-hydrogen) atoms. The molecule has 0 aliphatic rings. The first-order valence-corrected chi connectivity index (χ1v) is 6.03. The molecule has 0 bridgehead atoms. The highest BCUT2D eigenvalue weighted by Crippen LogP contribution is 2.14. The summed E-state index contributed by atoms with van der Waals surface area (Å²) < 4.78 is 5.54. The molecule has 0 aliphatic heterocycles. The van der Waals surface area contributed by atoms with Crippen molar-refractivity contribution in [2.45, 2.75) is 13.0 Å². The van der Waals surface area contributed by atoms with Crippen LogP contribution < -0.4 is 15.8 Å². The SMILES string of the molecule is C[C@H](Oc1ccccc1)C(=O)Nc1cccc(N)c1. The average molecular weight is 256 g/mol. The predicted molar refractivity (Wildman–Crippen MR) is 76.0 cm³/mol. The van der Waals surface area contributed by atoms with Gasteiger partial charge in [0.15, 0.2) is 6.10 Å². The van der Waals surface area contributed by atoms with Gasteiger partial charge >= 0.3 is 0 Å². The van der Waals surface area contributed by atoms with E-state index in [0.717, 1.165) is 0 Å². The smallest absolute Gasteiger partial charge is 0.265 e. The molecule has 4 heteroatoms. The minimum atomic E-state index is -0.580. The van der Waals surface area contributed by atoms with Gasteiger partial charge in [0, 0.05) is 11.4 Å². The molecule has 2 aromatic rings. The quantitative estimate of drug-likeness (QED) is 0.827. The van der Waals surface area contributed by atoms with Crippen LogP contribution >= 0.6 is 0 Å². The monoisotopic (exact) mass is 256 g/mol. The van der Waals surface area contributed by atoms with Gasteiger partial charge in [-0.3, -0.25) is 4.79 Å². The number of carbonyl (C=O) groups excluding carboxylic acids is 1. The fraction of sp³-hybridized carbons (Fsp3) is 0.133. The zero-order valence-electron chi connectivity index (χ0n) is 10.7. The van der Waals surface area contributed by atoms with E-state index in [0.29, 0.717) is 17.1 Å². The van der Waals surface area contributed by atoms with Crippen molar-refractivity contribution >= 4 is 17.3 Å². The van der Waals surface area contributed by atoms with Crippen molar-refractivity contribution in [2.24, 2.45) is 0 Å². The Morgan fingerprint density at radius 1 is 1.16 bits per heavy atom. The predicted octanol–water partition coefficient (Wildman–Crippen LogP) is 2.67. The second-order valence-electron chi connectivity index (χ2n) is 4.19. The van der Waals surface area contributed by atoms with Crippen LogP contribution in [0, 0.1) is 0 Å². The fourth-order valence-electron chi connectivity index (χ4n) is 1.62. The number of ether oxygens (including phenoxy) is 1. The Morgan fingerprint density at radius 2 is 1.89 bits per heavy atom. The average Bonchev–Trinajstić information content (AvgIpc) is 2.40. The van der Waals surface area contributed by atoms with Gasteiger partial charge in [0.2, 0.25) is 0 Å². The number of rotatable bonds is 4. The summed E-state index contributed by atoms with van der Waals surface area (Å²) in [5.74, 6) is 0.451. The van der Waals surface area contributed by atoms with E-state index in [9.17, 15) is 4.79 Å². The number of hydrogen-bond acceptors (Lipinski definition) is 3. The third-order valence-electron chi connectivity index (χ3n) is 2.58. The van der Waals surface area contributed by atoms with Crippen molar-refractivity contribution in [1.82, 2.24) is 0 Å². The minimum absolute atomic E-state index is 0.213. The number of amides is 1. The Hall–Kier alpha value is -2.49. The first kappa shape index (κ1) is 13.0. The Labute approximate surface area is 112 Å². The Kier molecular flexibility index (Phi) is 4.03. The number of nitrogens with one attached hydrogen (secondary N) is 1.